The number of carbonyl (C=O) groups is 1. The second kappa shape index (κ2) is 5.37. The molecule has 4 rings (SSSR count). The van der Waals surface area contributed by atoms with Gasteiger partial charge in [-0.05, 0) is 24.6 Å². The van der Waals surface area contributed by atoms with Crippen LogP contribution < -0.4 is 15.5 Å². The summed E-state index contributed by atoms with van der Waals surface area (Å²) in [4.78, 5) is 19.9. The molecule has 2 atom stereocenters. The summed E-state index contributed by atoms with van der Waals surface area (Å²) in [5.74, 6) is 0.0295. The molecule has 4 heterocycles. The fourth-order valence-corrected chi connectivity index (χ4v) is 4.59. The number of thiophene rings is 1. The Balaban J connectivity index is 1.68. The molecule has 2 aliphatic heterocycles. The van der Waals surface area contributed by atoms with E-state index in [1.165, 1.54) is 10.4 Å². The lowest BCUT2D eigenvalue weighted by Gasteiger charge is -2.26. The third-order valence-electron chi connectivity index (χ3n) is 4.49. The van der Waals surface area contributed by atoms with E-state index >= 15 is 0 Å². The van der Waals surface area contributed by atoms with E-state index in [4.69, 9.17) is 0 Å². The number of nitrogens with zero attached hydrogens (tertiary/aromatic N) is 1. The van der Waals surface area contributed by atoms with Crippen molar-refractivity contribution >= 4 is 22.2 Å². The molecule has 2 aliphatic rings. The lowest BCUT2D eigenvalue weighted by atomic mass is 10.0. The number of likely N-dealkylation sites (N-methyl/N-ethyl adjacent to an activating group) is 1. The van der Waals surface area contributed by atoms with Crippen molar-refractivity contribution < 1.29 is 9.69 Å². The second-order valence-corrected chi connectivity index (χ2v) is 6.90. The first-order valence-electron chi connectivity index (χ1n) is 7.72. The fourth-order valence-electron chi connectivity index (χ4n) is 3.25. The minimum absolute atomic E-state index is 0.0295. The van der Waals surface area contributed by atoms with E-state index in [2.05, 4.69) is 22.5 Å². The number of amides is 1. The van der Waals surface area contributed by atoms with E-state index < -0.39 is 0 Å². The summed E-state index contributed by atoms with van der Waals surface area (Å²) >= 11 is 1.74. The Morgan fingerprint density at radius 1 is 1.41 bits per heavy atom. The van der Waals surface area contributed by atoms with Gasteiger partial charge in [0.15, 0.2) is 0 Å². The fraction of sp³-hybridized carbons (Fsp3) is 0.375. The van der Waals surface area contributed by atoms with Crippen LogP contribution in [-0.4, -0.2) is 24.0 Å². The minimum Gasteiger partial charge on any atom is -0.351 e. The minimum atomic E-state index is -0.240. The molecule has 5 nitrogen and oxygen atoms in total. The maximum absolute atomic E-state index is 12.6. The largest absolute Gasteiger partial charge is 0.351 e. The molecule has 22 heavy (non-hydrogen) atoms. The van der Waals surface area contributed by atoms with Crippen molar-refractivity contribution in [2.45, 2.75) is 26.1 Å². The Kier molecular flexibility index (Phi) is 3.35. The molecule has 0 saturated carbocycles. The molecule has 0 bridgehead atoms. The van der Waals surface area contributed by atoms with E-state index in [0.717, 1.165) is 42.3 Å². The van der Waals surface area contributed by atoms with E-state index in [9.17, 15) is 4.79 Å². The van der Waals surface area contributed by atoms with Crippen LogP contribution in [0.15, 0.2) is 24.4 Å². The van der Waals surface area contributed by atoms with Gasteiger partial charge in [0.1, 0.15) is 17.7 Å². The number of carbonyl (C=O) groups excluding carboxylic acids is 1. The van der Waals surface area contributed by atoms with Gasteiger partial charge in [0.05, 0.1) is 29.2 Å². The van der Waals surface area contributed by atoms with Crippen LogP contribution in [0.5, 0.6) is 0 Å². The molecule has 0 aromatic carbocycles. The summed E-state index contributed by atoms with van der Waals surface area (Å²) < 4.78 is 0. The van der Waals surface area contributed by atoms with Crippen molar-refractivity contribution in [2.24, 2.45) is 0 Å². The summed E-state index contributed by atoms with van der Waals surface area (Å²) in [6.07, 6.45) is 2.50. The van der Waals surface area contributed by atoms with Gasteiger partial charge in [0.25, 0.3) is 5.91 Å². The van der Waals surface area contributed by atoms with Crippen LogP contribution in [0.3, 0.4) is 0 Å². The molecular formula is C16H19N4OS+. The van der Waals surface area contributed by atoms with Gasteiger partial charge < -0.3 is 15.5 Å². The Bertz CT molecular complexity index is 712. The van der Waals surface area contributed by atoms with Gasteiger partial charge in [-0.25, -0.2) is 0 Å². The van der Waals surface area contributed by atoms with Crippen molar-refractivity contribution in [1.29, 1.82) is 0 Å². The number of rotatable bonds is 2. The normalized spacial score (nSPS) is 23.2. The average molecular weight is 315 g/mol. The van der Waals surface area contributed by atoms with Gasteiger partial charge in [0.2, 0.25) is 0 Å². The average Bonchev–Trinajstić information content (AvgIpc) is 2.93. The maximum Gasteiger partial charge on any atom is 0.256 e. The van der Waals surface area contributed by atoms with Gasteiger partial charge >= 0.3 is 0 Å². The van der Waals surface area contributed by atoms with E-state index in [0.29, 0.717) is 0 Å². The lowest BCUT2D eigenvalue weighted by Crippen LogP contribution is -3.11. The molecular weight excluding hydrogens is 296 g/mol. The first kappa shape index (κ1) is 13.7. The zero-order valence-corrected chi connectivity index (χ0v) is 13.3. The highest BCUT2D eigenvalue weighted by atomic mass is 32.1. The molecule has 0 saturated heterocycles. The predicted octanol–water partition coefficient (Wildman–Crippen LogP) is 0.958. The Morgan fingerprint density at radius 2 is 2.32 bits per heavy atom. The molecule has 1 amide bonds. The zero-order valence-electron chi connectivity index (χ0n) is 12.5. The maximum atomic E-state index is 12.6. The number of hydrogen-bond acceptors (Lipinski definition) is 4. The van der Waals surface area contributed by atoms with Gasteiger partial charge in [-0.15, -0.1) is 11.3 Å². The number of aromatic nitrogens is 1. The van der Waals surface area contributed by atoms with E-state index in [1.54, 1.807) is 22.4 Å². The first-order valence-corrected chi connectivity index (χ1v) is 8.54. The van der Waals surface area contributed by atoms with E-state index in [1.807, 2.05) is 18.2 Å². The third kappa shape index (κ3) is 2.19. The summed E-state index contributed by atoms with van der Waals surface area (Å²) in [6, 6.07) is 5.75. The molecule has 0 aliphatic carbocycles. The van der Waals surface area contributed by atoms with Crippen LogP contribution in [0, 0.1) is 0 Å². The lowest BCUT2D eigenvalue weighted by molar-refractivity contribution is -0.913. The van der Waals surface area contributed by atoms with Crippen molar-refractivity contribution in [3.63, 3.8) is 0 Å². The highest BCUT2D eigenvalue weighted by molar-refractivity contribution is 7.16. The van der Waals surface area contributed by atoms with Gasteiger partial charge in [0, 0.05) is 12.6 Å². The highest BCUT2D eigenvalue weighted by Crippen LogP contribution is 2.38. The van der Waals surface area contributed by atoms with Crippen molar-refractivity contribution in [3.05, 3.63) is 46.1 Å². The van der Waals surface area contributed by atoms with Gasteiger partial charge in [-0.1, -0.05) is 6.07 Å². The number of quaternary nitrogens is 1. The van der Waals surface area contributed by atoms with Crippen LogP contribution in [0.25, 0.3) is 0 Å². The monoisotopic (exact) mass is 315 g/mol. The third-order valence-corrected chi connectivity index (χ3v) is 5.65. The summed E-state index contributed by atoms with van der Waals surface area (Å²) in [7, 11) is 0. The van der Waals surface area contributed by atoms with Crippen LogP contribution in [0.4, 0.5) is 5.00 Å². The number of anilines is 1. The number of nitrogens with one attached hydrogen (secondary N) is 3. The number of pyridine rings is 1. The highest BCUT2D eigenvalue weighted by Gasteiger charge is 2.34. The Labute approximate surface area is 133 Å². The molecule has 0 fully saturated rings. The molecule has 0 spiro atoms. The zero-order chi connectivity index (χ0) is 15.1. The Morgan fingerprint density at radius 3 is 3.09 bits per heavy atom. The molecule has 1 unspecified atom stereocenters. The Hall–Kier alpha value is -1.92. The van der Waals surface area contributed by atoms with E-state index in [-0.39, 0.29) is 12.1 Å². The molecule has 2 aromatic heterocycles. The summed E-state index contributed by atoms with van der Waals surface area (Å²) in [5, 5.41) is 7.49. The van der Waals surface area contributed by atoms with Crippen molar-refractivity contribution in [2.75, 3.05) is 18.4 Å². The van der Waals surface area contributed by atoms with Gasteiger partial charge in [-0.2, -0.15) is 0 Å². The second-order valence-electron chi connectivity index (χ2n) is 5.79. The van der Waals surface area contributed by atoms with Crippen molar-refractivity contribution in [1.82, 2.24) is 10.3 Å². The number of hydrogen-bond donors (Lipinski definition) is 3. The quantitative estimate of drug-likeness (QED) is 0.774. The van der Waals surface area contributed by atoms with Crippen LogP contribution in [0.1, 0.15) is 39.6 Å². The summed E-state index contributed by atoms with van der Waals surface area (Å²) in [5.41, 5.74) is 2.96. The molecule has 3 N–H and O–H groups in total. The molecule has 0 radical (unpaired) electrons. The van der Waals surface area contributed by atoms with Crippen LogP contribution >= 0.6 is 11.3 Å². The topological polar surface area (TPSA) is 58.5 Å². The summed E-state index contributed by atoms with van der Waals surface area (Å²) in [6.45, 7) is 5.50. The van der Waals surface area contributed by atoms with Gasteiger partial charge in [-0.3, -0.25) is 9.78 Å². The van der Waals surface area contributed by atoms with Crippen LogP contribution in [0.2, 0.25) is 0 Å². The first-order chi connectivity index (χ1) is 10.8. The smallest absolute Gasteiger partial charge is 0.256 e. The van der Waals surface area contributed by atoms with Crippen LogP contribution in [-0.2, 0) is 13.0 Å². The molecule has 2 aromatic rings. The standard InChI is InChI=1S/C16H18N4OS/c1-2-20-8-6-10-12(9-20)22-16-13(10)15(21)18-14(19-16)11-5-3-4-7-17-11/h3-5,7,14,19H,2,6,8-9H2,1H3,(H,18,21)/p+1/t14-/m0/s1. The predicted molar refractivity (Wildman–Crippen MR) is 86.2 cm³/mol. The number of fused-ring (bicyclic) bond motifs is 3. The molecule has 114 valence electrons. The molecule has 6 heteroatoms. The van der Waals surface area contributed by atoms with Crippen molar-refractivity contribution in [3.8, 4) is 0 Å². The SMILES string of the molecule is CC[NH+]1CCc2c(sc3c2C(=O)N[C@H](c2ccccn2)N3)C1.